The molecule has 5 nitrogen and oxygen atoms in total. The first kappa shape index (κ1) is 15.1. The number of aryl methyl sites for hydroxylation is 1. The van der Waals surface area contributed by atoms with Crippen LogP contribution in [0.3, 0.4) is 0 Å². The molecular formula is C16H19NO4. The minimum absolute atomic E-state index is 0.124. The molecule has 0 saturated heterocycles. The maximum atomic E-state index is 12.0. The number of carbonyl (C=O) groups excluding carboxylic acids is 1. The number of hydrogen-bond acceptors (Lipinski definition) is 3. The Labute approximate surface area is 123 Å². The summed E-state index contributed by atoms with van der Waals surface area (Å²) in [4.78, 5) is 22.8. The van der Waals surface area contributed by atoms with Crippen LogP contribution < -0.4 is 10.1 Å². The summed E-state index contributed by atoms with van der Waals surface area (Å²) in [7, 11) is 1.60. The van der Waals surface area contributed by atoms with Gasteiger partial charge in [-0.05, 0) is 30.5 Å². The number of hydrogen-bond donors (Lipinski definition) is 2. The highest BCUT2D eigenvalue weighted by atomic mass is 16.5. The Bertz CT molecular complexity index is 580. The fraction of sp³-hybridized carbons (Fsp3) is 0.375. The van der Waals surface area contributed by atoms with Gasteiger partial charge in [0.25, 0.3) is 0 Å². The van der Waals surface area contributed by atoms with E-state index in [1.807, 2.05) is 25.1 Å². The number of ether oxygens (including phenoxy) is 1. The summed E-state index contributed by atoms with van der Waals surface area (Å²) in [6.07, 6.45) is 4.03. The van der Waals surface area contributed by atoms with E-state index in [4.69, 9.17) is 9.84 Å². The van der Waals surface area contributed by atoms with Crippen molar-refractivity contribution in [3.05, 3.63) is 41.5 Å². The van der Waals surface area contributed by atoms with Gasteiger partial charge in [0.1, 0.15) is 5.75 Å². The summed E-state index contributed by atoms with van der Waals surface area (Å²) >= 11 is 0. The Morgan fingerprint density at radius 2 is 2.14 bits per heavy atom. The van der Waals surface area contributed by atoms with Crippen LogP contribution in [0.1, 0.15) is 17.5 Å². The number of carbonyl (C=O) groups is 2. The van der Waals surface area contributed by atoms with Crippen LogP contribution in [0, 0.1) is 12.8 Å². The Morgan fingerprint density at radius 3 is 2.76 bits per heavy atom. The average Bonchev–Trinajstić information content (AvgIpc) is 2.89. The molecule has 0 aromatic heterocycles. The van der Waals surface area contributed by atoms with Crippen LogP contribution in [0.25, 0.3) is 0 Å². The molecule has 2 atom stereocenters. The summed E-state index contributed by atoms with van der Waals surface area (Å²) in [6.45, 7) is 1.94. The van der Waals surface area contributed by atoms with Crippen LogP contribution in [0.5, 0.6) is 5.75 Å². The second-order valence-corrected chi connectivity index (χ2v) is 5.22. The summed E-state index contributed by atoms with van der Waals surface area (Å²) in [5, 5.41) is 11.7. The lowest BCUT2D eigenvalue weighted by molar-refractivity contribution is -0.140. The fourth-order valence-electron chi connectivity index (χ4n) is 2.41. The van der Waals surface area contributed by atoms with E-state index in [1.165, 1.54) is 0 Å². The number of amides is 1. The van der Waals surface area contributed by atoms with E-state index in [0.717, 1.165) is 16.9 Å². The SMILES string of the molecule is COc1cc(CC(=O)NC2C=CC(C(=O)O)C2)ccc1C. The molecule has 0 fully saturated rings. The number of methoxy groups -OCH3 is 1. The normalized spacial score (nSPS) is 20.3. The number of benzene rings is 1. The maximum absolute atomic E-state index is 12.0. The Balaban J connectivity index is 1.91. The third-order valence-corrected chi connectivity index (χ3v) is 3.58. The van der Waals surface area contributed by atoms with Crippen LogP contribution in [0.2, 0.25) is 0 Å². The highest BCUT2D eigenvalue weighted by Gasteiger charge is 2.25. The number of aliphatic carboxylic acids is 1. The molecule has 112 valence electrons. The number of carboxylic acids is 1. The Hall–Kier alpha value is -2.30. The lowest BCUT2D eigenvalue weighted by atomic mass is 10.1. The molecule has 0 heterocycles. The van der Waals surface area contributed by atoms with Crippen molar-refractivity contribution in [3.63, 3.8) is 0 Å². The third-order valence-electron chi connectivity index (χ3n) is 3.58. The quantitative estimate of drug-likeness (QED) is 0.809. The van der Waals surface area contributed by atoms with Gasteiger partial charge in [-0.15, -0.1) is 0 Å². The minimum atomic E-state index is -0.855. The Morgan fingerprint density at radius 1 is 1.38 bits per heavy atom. The van der Waals surface area contributed by atoms with E-state index in [1.54, 1.807) is 19.3 Å². The molecule has 0 aliphatic heterocycles. The molecule has 0 radical (unpaired) electrons. The van der Waals surface area contributed by atoms with Crippen molar-refractivity contribution in [2.75, 3.05) is 7.11 Å². The predicted octanol–water partition coefficient (Wildman–Crippen LogP) is 1.69. The minimum Gasteiger partial charge on any atom is -0.496 e. The predicted molar refractivity (Wildman–Crippen MR) is 78.2 cm³/mol. The second kappa shape index (κ2) is 6.43. The van der Waals surface area contributed by atoms with Gasteiger partial charge in [0.05, 0.1) is 19.4 Å². The zero-order valence-electron chi connectivity index (χ0n) is 12.1. The summed E-state index contributed by atoms with van der Waals surface area (Å²) in [5.41, 5.74) is 1.89. The first-order chi connectivity index (χ1) is 9.99. The van der Waals surface area contributed by atoms with Crippen molar-refractivity contribution in [1.29, 1.82) is 0 Å². The second-order valence-electron chi connectivity index (χ2n) is 5.22. The lowest BCUT2D eigenvalue weighted by Gasteiger charge is -2.13. The van der Waals surface area contributed by atoms with Crippen molar-refractivity contribution in [2.24, 2.45) is 5.92 Å². The standard InChI is InChI=1S/C16H19NO4/c1-10-3-4-11(7-14(10)21-2)8-15(18)17-13-6-5-12(9-13)16(19)20/h3-7,12-13H,8-9H2,1-2H3,(H,17,18)(H,19,20). The lowest BCUT2D eigenvalue weighted by Crippen LogP contribution is -2.34. The molecule has 2 rings (SSSR count). The zero-order chi connectivity index (χ0) is 15.4. The number of nitrogens with one attached hydrogen (secondary N) is 1. The van der Waals surface area contributed by atoms with Crippen molar-refractivity contribution >= 4 is 11.9 Å². The maximum Gasteiger partial charge on any atom is 0.310 e. The Kier molecular flexibility index (Phi) is 4.62. The highest BCUT2D eigenvalue weighted by Crippen LogP contribution is 2.20. The largest absolute Gasteiger partial charge is 0.496 e. The molecule has 1 amide bonds. The first-order valence-corrected chi connectivity index (χ1v) is 6.83. The first-order valence-electron chi connectivity index (χ1n) is 6.83. The number of carboxylic acid groups (broad SMARTS) is 1. The molecule has 1 aromatic rings. The summed E-state index contributed by atoms with van der Waals surface area (Å²) in [6, 6.07) is 5.45. The highest BCUT2D eigenvalue weighted by molar-refractivity contribution is 5.80. The molecular weight excluding hydrogens is 270 g/mol. The van der Waals surface area contributed by atoms with Crippen molar-refractivity contribution in [2.45, 2.75) is 25.8 Å². The van der Waals surface area contributed by atoms with E-state index in [9.17, 15) is 9.59 Å². The fourth-order valence-corrected chi connectivity index (χ4v) is 2.41. The summed E-state index contributed by atoms with van der Waals surface area (Å²) < 4.78 is 5.23. The molecule has 0 spiro atoms. The molecule has 0 saturated carbocycles. The average molecular weight is 289 g/mol. The monoisotopic (exact) mass is 289 g/mol. The van der Waals surface area contributed by atoms with Gasteiger partial charge >= 0.3 is 5.97 Å². The van der Waals surface area contributed by atoms with Gasteiger partial charge in [0.2, 0.25) is 5.91 Å². The van der Waals surface area contributed by atoms with E-state index in [-0.39, 0.29) is 18.4 Å². The molecule has 21 heavy (non-hydrogen) atoms. The van der Waals surface area contributed by atoms with Gasteiger partial charge in [-0.25, -0.2) is 0 Å². The number of rotatable bonds is 5. The topological polar surface area (TPSA) is 75.6 Å². The molecule has 1 aliphatic carbocycles. The summed E-state index contributed by atoms with van der Waals surface area (Å²) in [5.74, 6) is -0.727. The molecule has 5 heteroatoms. The van der Waals surface area contributed by atoms with Crippen LogP contribution in [-0.2, 0) is 16.0 Å². The molecule has 1 aliphatic rings. The van der Waals surface area contributed by atoms with E-state index >= 15 is 0 Å². The molecule has 2 unspecified atom stereocenters. The van der Waals surface area contributed by atoms with Gasteiger partial charge in [-0.2, -0.15) is 0 Å². The van der Waals surface area contributed by atoms with Crippen molar-refractivity contribution < 1.29 is 19.4 Å². The van der Waals surface area contributed by atoms with Crippen molar-refractivity contribution in [1.82, 2.24) is 5.32 Å². The van der Waals surface area contributed by atoms with E-state index < -0.39 is 11.9 Å². The van der Waals surface area contributed by atoms with Crippen molar-refractivity contribution in [3.8, 4) is 5.75 Å². The molecule has 1 aromatic carbocycles. The molecule has 2 N–H and O–H groups in total. The van der Waals surface area contributed by atoms with E-state index in [2.05, 4.69) is 5.32 Å². The van der Waals surface area contributed by atoms with Crippen LogP contribution >= 0.6 is 0 Å². The van der Waals surface area contributed by atoms with E-state index in [0.29, 0.717) is 6.42 Å². The van der Waals surface area contributed by atoms with Crippen LogP contribution in [0.15, 0.2) is 30.4 Å². The van der Waals surface area contributed by atoms with Gasteiger partial charge in [0, 0.05) is 6.04 Å². The van der Waals surface area contributed by atoms with Crippen LogP contribution in [-0.4, -0.2) is 30.1 Å². The molecule has 0 bridgehead atoms. The van der Waals surface area contributed by atoms with Crippen LogP contribution in [0.4, 0.5) is 0 Å². The van der Waals surface area contributed by atoms with Gasteiger partial charge in [-0.1, -0.05) is 24.3 Å². The zero-order valence-corrected chi connectivity index (χ0v) is 12.1. The smallest absolute Gasteiger partial charge is 0.310 e. The van der Waals surface area contributed by atoms with Gasteiger partial charge < -0.3 is 15.2 Å². The van der Waals surface area contributed by atoms with Gasteiger partial charge in [0.15, 0.2) is 0 Å². The van der Waals surface area contributed by atoms with Gasteiger partial charge in [-0.3, -0.25) is 9.59 Å². The third kappa shape index (κ3) is 3.84.